The predicted molar refractivity (Wildman–Crippen MR) is 116 cm³/mol. The van der Waals surface area contributed by atoms with E-state index in [9.17, 15) is 14.4 Å². The Kier molecular flexibility index (Phi) is 18.2. The van der Waals surface area contributed by atoms with E-state index in [1.807, 2.05) is 0 Å². The Bertz CT molecular complexity index is 476. The Balaban J connectivity index is 3.54. The van der Waals surface area contributed by atoms with Gasteiger partial charge in [0, 0.05) is 12.8 Å². The second-order valence-electron chi connectivity index (χ2n) is 7.73. The van der Waals surface area contributed by atoms with E-state index < -0.39 is 18.0 Å². The summed E-state index contributed by atoms with van der Waals surface area (Å²) in [4.78, 5) is 33.4. The quantitative estimate of drug-likeness (QED) is 0.182. The molecule has 168 valence electrons. The number of carbonyl (C=O) groups is 3. The molecule has 6 nitrogen and oxygen atoms in total. The minimum Gasteiger partial charge on any atom is -0.481 e. The van der Waals surface area contributed by atoms with Crippen molar-refractivity contribution in [3.63, 3.8) is 0 Å². The fraction of sp³-hybridized carbons (Fsp3) is 0.783. The zero-order chi connectivity index (χ0) is 21.7. The fourth-order valence-electron chi connectivity index (χ4n) is 3.15. The van der Waals surface area contributed by atoms with Crippen LogP contribution in [0.3, 0.4) is 0 Å². The maximum atomic E-state index is 11.8. The van der Waals surface area contributed by atoms with Crippen molar-refractivity contribution >= 4 is 17.8 Å². The summed E-state index contributed by atoms with van der Waals surface area (Å²) in [5, 5.41) is 20.1. The topological polar surface area (TPSA) is 104 Å². The highest BCUT2D eigenvalue weighted by Crippen LogP contribution is 2.10. The van der Waals surface area contributed by atoms with Gasteiger partial charge in [0.15, 0.2) is 0 Å². The zero-order valence-corrected chi connectivity index (χ0v) is 18.2. The fourth-order valence-corrected chi connectivity index (χ4v) is 3.15. The summed E-state index contributed by atoms with van der Waals surface area (Å²) in [6, 6.07) is -1.12. The number of unbranched alkanes of at least 4 members (excludes halogenated alkanes) is 11. The molecule has 0 aromatic carbocycles. The van der Waals surface area contributed by atoms with E-state index in [1.54, 1.807) is 0 Å². The standard InChI is InChI=1S/C23H41NO5/c1-2-3-4-5-6-7-8-9-10-11-12-13-14-15-16-17-21(25)24-20(23(28)29)18-19-22(26)27/h9-10,20H,2-8,11-19H2,1H3,(H,24,25)(H,26,27)(H,28,29)/b10-9-/t20-/m1/s1. The lowest BCUT2D eigenvalue weighted by Gasteiger charge is -2.13. The first-order chi connectivity index (χ1) is 14.0. The van der Waals surface area contributed by atoms with Gasteiger partial charge in [0.1, 0.15) is 6.04 Å². The lowest BCUT2D eigenvalue weighted by Crippen LogP contribution is -2.41. The van der Waals surface area contributed by atoms with Crippen LogP contribution in [0.25, 0.3) is 0 Å². The second kappa shape index (κ2) is 19.5. The van der Waals surface area contributed by atoms with E-state index in [0.29, 0.717) is 0 Å². The van der Waals surface area contributed by atoms with Crippen molar-refractivity contribution in [1.29, 1.82) is 0 Å². The third kappa shape index (κ3) is 19.2. The molecule has 0 radical (unpaired) electrons. The lowest BCUT2D eigenvalue weighted by atomic mass is 10.1. The third-order valence-electron chi connectivity index (χ3n) is 4.95. The van der Waals surface area contributed by atoms with Crippen molar-refractivity contribution in [2.24, 2.45) is 0 Å². The molecule has 0 unspecified atom stereocenters. The molecule has 6 heteroatoms. The summed E-state index contributed by atoms with van der Waals surface area (Å²) in [5.74, 6) is -2.58. The number of nitrogens with one attached hydrogen (secondary N) is 1. The Morgan fingerprint density at radius 2 is 1.28 bits per heavy atom. The van der Waals surface area contributed by atoms with Gasteiger partial charge in [-0.2, -0.15) is 0 Å². The molecule has 1 atom stereocenters. The molecule has 29 heavy (non-hydrogen) atoms. The van der Waals surface area contributed by atoms with Crippen LogP contribution in [-0.2, 0) is 14.4 Å². The van der Waals surface area contributed by atoms with Gasteiger partial charge in [-0.15, -0.1) is 0 Å². The van der Waals surface area contributed by atoms with Crippen LogP contribution < -0.4 is 5.32 Å². The van der Waals surface area contributed by atoms with Crippen LogP contribution in [-0.4, -0.2) is 34.1 Å². The van der Waals surface area contributed by atoms with Gasteiger partial charge >= 0.3 is 11.9 Å². The number of hydrogen-bond acceptors (Lipinski definition) is 3. The number of allylic oxidation sites excluding steroid dienone is 2. The highest BCUT2D eigenvalue weighted by Gasteiger charge is 2.20. The molecule has 0 aliphatic carbocycles. The molecule has 0 aliphatic rings. The molecule has 0 bridgehead atoms. The molecule has 0 saturated carbocycles. The smallest absolute Gasteiger partial charge is 0.326 e. The third-order valence-corrected chi connectivity index (χ3v) is 4.95. The van der Waals surface area contributed by atoms with Gasteiger partial charge < -0.3 is 15.5 Å². The first-order valence-corrected chi connectivity index (χ1v) is 11.4. The van der Waals surface area contributed by atoms with Gasteiger partial charge in [-0.05, 0) is 38.5 Å². The van der Waals surface area contributed by atoms with E-state index in [0.717, 1.165) is 38.5 Å². The number of carboxylic acid groups (broad SMARTS) is 2. The van der Waals surface area contributed by atoms with E-state index in [1.165, 1.54) is 44.9 Å². The highest BCUT2D eigenvalue weighted by atomic mass is 16.4. The van der Waals surface area contributed by atoms with Crippen molar-refractivity contribution in [1.82, 2.24) is 5.32 Å². The van der Waals surface area contributed by atoms with E-state index in [-0.39, 0.29) is 25.2 Å². The van der Waals surface area contributed by atoms with Crippen molar-refractivity contribution in [3.8, 4) is 0 Å². The molecule has 0 spiro atoms. The van der Waals surface area contributed by atoms with Gasteiger partial charge in [0.05, 0.1) is 0 Å². The average molecular weight is 412 g/mol. The maximum absolute atomic E-state index is 11.8. The molecule has 0 aromatic rings. The number of amides is 1. The average Bonchev–Trinajstić information content (AvgIpc) is 2.67. The van der Waals surface area contributed by atoms with Crippen LogP contribution in [0.15, 0.2) is 12.2 Å². The Hall–Kier alpha value is -1.85. The lowest BCUT2D eigenvalue weighted by molar-refractivity contribution is -0.143. The molecule has 0 aliphatic heterocycles. The summed E-state index contributed by atoms with van der Waals surface area (Å²) >= 11 is 0. The van der Waals surface area contributed by atoms with E-state index >= 15 is 0 Å². The zero-order valence-electron chi connectivity index (χ0n) is 18.2. The molecular formula is C23H41NO5. The second-order valence-corrected chi connectivity index (χ2v) is 7.73. The Morgan fingerprint density at radius 1 is 0.759 bits per heavy atom. The maximum Gasteiger partial charge on any atom is 0.326 e. The monoisotopic (exact) mass is 411 g/mol. The molecule has 3 N–H and O–H groups in total. The number of carboxylic acids is 2. The largest absolute Gasteiger partial charge is 0.481 e. The highest BCUT2D eigenvalue weighted by molar-refractivity contribution is 5.83. The summed E-state index contributed by atoms with van der Waals surface area (Å²) in [6.45, 7) is 2.24. The Labute approximate surface area is 176 Å². The summed E-state index contributed by atoms with van der Waals surface area (Å²) < 4.78 is 0. The van der Waals surface area contributed by atoms with Crippen LogP contribution in [0.1, 0.15) is 110 Å². The minimum absolute atomic E-state index is 0.0945. The van der Waals surface area contributed by atoms with E-state index in [2.05, 4.69) is 24.4 Å². The predicted octanol–water partition coefficient (Wildman–Crippen LogP) is 5.46. The van der Waals surface area contributed by atoms with Gasteiger partial charge in [-0.1, -0.05) is 70.4 Å². The normalized spacial score (nSPS) is 12.2. The SMILES string of the molecule is CCCCCCCC/C=C\CCCCCCCC(=O)N[C@H](CCC(=O)O)C(=O)O. The van der Waals surface area contributed by atoms with Crippen LogP contribution in [0, 0.1) is 0 Å². The first kappa shape index (κ1) is 27.1. The summed E-state index contributed by atoms with van der Waals surface area (Å²) in [6.07, 6.45) is 19.9. The molecule has 0 heterocycles. The van der Waals surface area contributed by atoms with Crippen LogP contribution in [0.4, 0.5) is 0 Å². The summed E-state index contributed by atoms with van der Waals surface area (Å²) in [7, 11) is 0. The summed E-state index contributed by atoms with van der Waals surface area (Å²) in [5.41, 5.74) is 0. The molecule has 1 amide bonds. The molecular weight excluding hydrogens is 370 g/mol. The van der Waals surface area contributed by atoms with Crippen molar-refractivity contribution in [2.75, 3.05) is 0 Å². The van der Waals surface area contributed by atoms with Gasteiger partial charge in [-0.3, -0.25) is 9.59 Å². The minimum atomic E-state index is -1.19. The van der Waals surface area contributed by atoms with Gasteiger partial charge in [-0.25, -0.2) is 4.79 Å². The van der Waals surface area contributed by atoms with Crippen LogP contribution in [0.2, 0.25) is 0 Å². The molecule has 0 saturated heterocycles. The van der Waals surface area contributed by atoms with Crippen molar-refractivity contribution in [2.45, 2.75) is 116 Å². The van der Waals surface area contributed by atoms with Crippen molar-refractivity contribution < 1.29 is 24.6 Å². The van der Waals surface area contributed by atoms with Gasteiger partial charge in [0.25, 0.3) is 0 Å². The molecule has 0 fully saturated rings. The number of hydrogen-bond donors (Lipinski definition) is 3. The van der Waals surface area contributed by atoms with Crippen molar-refractivity contribution in [3.05, 3.63) is 12.2 Å². The molecule has 0 rings (SSSR count). The van der Waals surface area contributed by atoms with Crippen LogP contribution in [0.5, 0.6) is 0 Å². The van der Waals surface area contributed by atoms with Gasteiger partial charge in [0.2, 0.25) is 5.91 Å². The number of aliphatic carboxylic acids is 2. The number of carbonyl (C=O) groups excluding carboxylic acids is 1. The van der Waals surface area contributed by atoms with E-state index in [4.69, 9.17) is 10.2 Å². The first-order valence-electron chi connectivity index (χ1n) is 11.4. The molecule has 0 aromatic heterocycles. The van der Waals surface area contributed by atoms with Crippen LogP contribution >= 0.6 is 0 Å². The number of rotatable bonds is 20. The Morgan fingerprint density at radius 3 is 1.79 bits per heavy atom.